The summed E-state index contributed by atoms with van der Waals surface area (Å²) in [6.07, 6.45) is 11.2. The number of thioether (sulfide) groups is 1. The first-order valence-corrected chi connectivity index (χ1v) is 11.1. The van der Waals surface area contributed by atoms with E-state index in [1.54, 1.807) is 29.4 Å². The van der Waals surface area contributed by atoms with E-state index in [-0.39, 0.29) is 11.2 Å². The molecule has 1 saturated carbocycles. The van der Waals surface area contributed by atoms with E-state index in [1.165, 1.54) is 37.0 Å². The first-order valence-electron chi connectivity index (χ1n) is 9.38. The van der Waals surface area contributed by atoms with Gasteiger partial charge in [-0.3, -0.25) is 4.79 Å². The van der Waals surface area contributed by atoms with Crippen molar-refractivity contribution in [2.45, 2.75) is 81.5 Å². The molecule has 4 nitrogen and oxygen atoms in total. The number of hydrogen-bond acceptors (Lipinski definition) is 5. The van der Waals surface area contributed by atoms with E-state index in [2.05, 4.69) is 28.3 Å². The van der Waals surface area contributed by atoms with Crippen LogP contribution in [0.3, 0.4) is 0 Å². The van der Waals surface area contributed by atoms with Gasteiger partial charge in [0.05, 0.1) is 5.25 Å². The summed E-state index contributed by atoms with van der Waals surface area (Å²) in [7, 11) is 0. The van der Waals surface area contributed by atoms with Gasteiger partial charge in [-0.05, 0) is 32.3 Å². The van der Waals surface area contributed by atoms with Crippen LogP contribution in [0.15, 0.2) is 17.4 Å². The van der Waals surface area contributed by atoms with Gasteiger partial charge in [-0.2, -0.15) is 0 Å². The van der Waals surface area contributed by atoms with Crippen LogP contribution in [-0.4, -0.2) is 27.2 Å². The van der Waals surface area contributed by atoms with Gasteiger partial charge in [0.1, 0.15) is 16.2 Å². The molecule has 0 radical (unpaired) electrons. The van der Waals surface area contributed by atoms with Crippen LogP contribution < -0.4 is 5.32 Å². The Morgan fingerprint density at radius 3 is 2.72 bits per heavy atom. The summed E-state index contributed by atoms with van der Waals surface area (Å²) in [5.41, 5.74) is 0. The maximum Gasteiger partial charge on any atom is 0.233 e. The zero-order valence-corrected chi connectivity index (χ0v) is 16.7. The molecule has 1 aliphatic rings. The molecule has 0 saturated heterocycles. The second-order valence-corrected chi connectivity index (χ2v) is 9.22. The molecule has 3 rings (SSSR count). The number of carbonyl (C=O) groups excluding carboxylic acids is 1. The van der Waals surface area contributed by atoms with Crippen LogP contribution in [-0.2, 0) is 11.2 Å². The van der Waals surface area contributed by atoms with E-state index in [1.807, 2.05) is 6.92 Å². The number of nitrogens with zero attached hydrogens (tertiary/aromatic N) is 2. The lowest BCUT2D eigenvalue weighted by Gasteiger charge is -2.22. The highest BCUT2D eigenvalue weighted by atomic mass is 32.2. The lowest BCUT2D eigenvalue weighted by atomic mass is 9.97. The van der Waals surface area contributed by atoms with Gasteiger partial charge in [0.25, 0.3) is 0 Å². The van der Waals surface area contributed by atoms with E-state index in [4.69, 9.17) is 0 Å². The van der Waals surface area contributed by atoms with Gasteiger partial charge in [0, 0.05) is 16.3 Å². The summed E-state index contributed by atoms with van der Waals surface area (Å²) in [6.45, 7) is 4.12. The summed E-state index contributed by atoms with van der Waals surface area (Å²) in [6, 6.07) is 2.51. The summed E-state index contributed by atoms with van der Waals surface area (Å²) in [4.78, 5) is 23.8. The summed E-state index contributed by atoms with van der Waals surface area (Å²) < 4.78 is 0. The number of fused-ring (bicyclic) bond motifs is 1. The number of hydrogen-bond donors (Lipinski definition) is 1. The Hall–Kier alpha value is -1.14. The summed E-state index contributed by atoms with van der Waals surface area (Å²) in [5, 5.41) is 5.13. The second-order valence-electron chi connectivity index (χ2n) is 6.77. The predicted octanol–water partition coefficient (Wildman–Crippen LogP) is 4.96. The maximum absolute atomic E-state index is 12.6. The van der Waals surface area contributed by atoms with Crippen LogP contribution in [0.2, 0.25) is 0 Å². The molecule has 0 aromatic carbocycles. The Kier molecular flexibility index (Phi) is 6.70. The van der Waals surface area contributed by atoms with E-state index in [0.29, 0.717) is 6.04 Å². The molecule has 136 valence electrons. The molecule has 6 heteroatoms. The van der Waals surface area contributed by atoms with Crippen LogP contribution in [0.1, 0.15) is 63.7 Å². The highest BCUT2D eigenvalue weighted by Gasteiger charge is 2.21. The molecule has 25 heavy (non-hydrogen) atoms. The van der Waals surface area contributed by atoms with Gasteiger partial charge in [0.2, 0.25) is 5.91 Å². The number of rotatable bonds is 5. The van der Waals surface area contributed by atoms with Crippen LogP contribution in [0, 0.1) is 0 Å². The van der Waals surface area contributed by atoms with Crippen LogP contribution in [0.25, 0.3) is 10.2 Å². The molecular formula is C19H27N3OS2. The SMILES string of the molecule is CCc1cc2c(SC(C)C(=O)NC3CCCCCCC3)ncnc2s1. The molecule has 1 atom stereocenters. The molecule has 0 aliphatic heterocycles. The monoisotopic (exact) mass is 377 g/mol. The van der Waals surface area contributed by atoms with Crippen molar-refractivity contribution in [2.75, 3.05) is 0 Å². The third-order valence-electron chi connectivity index (χ3n) is 4.80. The molecule has 1 amide bonds. The highest BCUT2D eigenvalue weighted by molar-refractivity contribution is 8.00. The highest BCUT2D eigenvalue weighted by Crippen LogP contribution is 2.33. The number of nitrogens with one attached hydrogen (secondary N) is 1. The average molecular weight is 378 g/mol. The van der Waals surface area contributed by atoms with Gasteiger partial charge in [0.15, 0.2) is 0 Å². The zero-order chi connectivity index (χ0) is 17.6. The van der Waals surface area contributed by atoms with Crippen LogP contribution >= 0.6 is 23.1 Å². The van der Waals surface area contributed by atoms with Crippen LogP contribution in [0.5, 0.6) is 0 Å². The molecule has 1 aliphatic carbocycles. The molecule has 2 aromatic heterocycles. The first kappa shape index (κ1) is 18.6. The fourth-order valence-electron chi connectivity index (χ4n) is 3.29. The van der Waals surface area contributed by atoms with Crippen molar-refractivity contribution in [3.63, 3.8) is 0 Å². The van der Waals surface area contributed by atoms with Crippen molar-refractivity contribution in [2.24, 2.45) is 0 Å². The zero-order valence-electron chi connectivity index (χ0n) is 15.1. The molecule has 0 bridgehead atoms. The fourth-order valence-corrected chi connectivity index (χ4v) is 5.19. The lowest BCUT2D eigenvalue weighted by molar-refractivity contribution is -0.121. The molecule has 0 spiro atoms. The van der Waals surface area contributed by atoms with Gasteiger partial charge in [-0.15, -0.1) is 11.3 Å². The first-order chi connectivity index (χ1) is 12.2. The molecule has 1 unspecified atom stereocenters. The third-order valence-corrected chi connectivity index (χ3v) is 7.11. The largest absolute Gasteiger partial charge is 0.352 e. The van der Waals surface area contributed by atoms with E-state index in [0.717, 1.165) is 34.5 Å². The Morgan fingerprint density at radius 2 is 2.00 bits per heavy atom. The minimum absolute atomic E-state index is 0.133. The van der Waals surface area contributed by atoms with Crippen molar-refractivity contribution in [1.29, 1.82) is 0 Å². The number of amides is 1. The minimum Gasteiger partial charge on any atom is -0.352 e. The van der Waals surface area contributed by atoms with Crippen molar-refractivity contribution in [3.05, 3.63) is 17.3 Å². The Bertz CT molecular complexity index is 708. The Balaban J connectivity index is 1.63. The number of carbonyl (C=O) groups is 1. The third kappa shape index (κ3) is 4.94. The van der Waals surface area contributed by atoms with Crippen molar-refractivity contribution in [3.8, 4) is 0 Å². The topological polar surface area (TPSA) is 54.9 Å². The molecule has 1 fully saturated rings. The second kappa shape index (κ2) is 8.99. The van der Waals surface area contributed by atoms with E-state index in [9.17, 15) is 4.79 Å². The summed E-state index contributed by atoms with van der Waals surface area (Å²) >= 11 is 3.26. The van der Waals surface area contributed by atoms with Gasteiger partial charge < -0.3 is 5.32 Å². The van der Waals surface area contributed by atoms with Gasteiger partial charge in [-0.1, -0.05) is 50.8 Å². The molecule has 2 heterocycles. The van der Waals surface area contributed by atoms with Crippen LogP contribution in [0.4, 0.5) is 0 Å². The maximum atomic E-state index is 12.6. The van der Waals surface area contributed by atoms with Crippen molar-refractivity contribution < 1.29 is 4.79 Å². The lowest BCUT2D eigenvalue weighted by Crippen LogP contribution is -2.39. The normalized spacial score (nSPS) is 17.8. The van der Waals surface area contributed by atoms with E-state index >= 15 is 0 Å². The number of aryl methyl sites for hydroxylation is 1. The fraction of sp³-hybridized carbons (Fsp3) is 0.632. The van der Waals surface area contributed by atoms with E-state index < -0.39 is 0 Å². The van der Waals surface area contributed by atoms with Crippen molar-refractivity contribution >= 4 is 39.2 Å². The Morgan fingerprint density at radius 1 is 1.28 bits per heavy atom. The quantitative estimate of drug-likeness (QED) is 0.591. The Labute approximate surface area is 158 Å². The van der Waals surface area contributed by atoms with Gasteiger partial charge in [-0.25, -0.2) is 9.97 Å². The van der Waals surface area contributed by atoms with Gasteiger partial charge >= 0.3 is 0 Å². The number of thiophene rings is 1. The van der Waals surface area contributed by atoms with Crippen molar-refractivity contribution in [1.82, 2.24) is 15.3 Å². The standard InChI is InChI=1S/C19H27N3OS2/c1-3-15-11-16-18(20-12-21-19(16)25-15)24-13(2)17(23)22-14-9-7-5-4-6-8-10-14/h11-14H,3-10H2,1-2H3,(H,22,23). The average Bonchev–Trinajstić information content (AvgIpc) is 3.01. The smallest absolute Gasteiger partial charge is 0.233 e. The summed E-state index contributed by atoms with van der Waals surface area (Å²) in [5.74, 6) is 0.133. The molecule has 2 aromatic rings. The number of aromatic nitrogens is 2. The molecule has 1 N–H and O–H groups in total. The minimum atomic E-state index is -0.145. The predicted molar refractivity (Wildman–Crippen MR) is 106 cm³/mol. The molecular weight excluding hydrogens is 350 g/mol.